The van der Waals surface area contributed by atoms with E-state index < -0.39 is 15.9 Å². The van der Waals surface area contributed by atoms with E-state index in [0.29, 0.717) is 5.69 Å². The van der Waals surface area contributed by atoms with Crippen molar-refractivity contribution in [1.29, 1.82) is 0 Å². The smallest absolute Gasteiger partial charge is 0.273 e. The van der Waals surface area contributed by atoms with Crippen molar-refractivity contribution in [2.45, 2.75) is 4.90 Å². The van der Waals surface area contributed by atoms with Gasteiger partial charge in [0.05, 0.1) is 4.90 Å². The van der Waals surface area contributed by atoms with E-state index in [9.17, 15) is 13.2 Å². The van der Waals surface area contributed by atoms with Crippen molar-refractivity contribution in [2.75, 3.05) is 11.1 Å². The minimum absolute atomic E-state index is 0.0312. The van der Waals surface area contributed by atoms with Crippen LogP contribution in [0, 0.1) is 0 Å². The van der Waals surface area contributed by atoms with Crippen molar-refractivity contribution in [2.24, 2.45) is 5.14 Å². The number of aromatic amines is 1. The molecule has 19 heavy (non-hydrogen) atoms. The molecule has 1 heterocycles. The summed E-state index contributed by atoms with van der Waals surface area (Å²) >= 11 is 0. The van der Waals surface area contributed by atoms with Crippen molar-refractivity contribution < 1.29 is 13.2 Å². The van der Waals surface area contributed by atoms with Gasteiger partial charge in [0.25, 0.3) is 5.91 Å². The van der Waals surface area contributed by atoms with Crippen molar-refractivity contribution in [3.63, 3.8) is 0 Å². The SMILES string of the molecule is Nc1cc(C(=O)Nc2ccc(S(N)(=O)=O)cc2)[nH]n1. The fourth-order valence-electron chi connectivity index (χ4n) is 1.38. The van der Waals surface area contributed by atoms with Crippen LogP contribution in [0.15, 0.2) is 35.2 Å². The predicted octanol–water partition coefficient (Wildman–Crippen LogP) is -0.108. The van der Waals surface area contributed by atoms with Crippen molar-refractivity contribution >= 4 is 27.4 Å². The molecule has 0 spiro atoms. The van der Waals surface area contributed by atoms with E-state index in [4.69, 9.17) is 10.9 Å². The average Bonchev–Trinajstić information content (AvgIpc) is 2.75. The molecule has 0 saturated heterocycles. The Hall–Kier alpha value is -2.39. The Kier molecular flexibility index (Phi) is 3.23. The van der Waals surface area contributed by atoms with Gasteiger partial charge in [-0.05, 0) is 24.3 Å². The van der Waals surface area contributed by atoms with E-state index >= 15 is 0 Å². The quantitative estimate of drug-likeness (QED) is 0.620. The second kappa shape index (κ2) is 4.71. The van der Waals surface area contributed by atoms with Gasteiger partial charge in [0.15, 0.2) is 0 Å². The van der Waals surface area contributed by atoms with Crippen LogP contribution in [0.4, 0.5) is 11.5 Å². The Morgan fingerprint density at radius 2 is 1.89 bits per heavy atom. The Bertz CT molecular complexity index is 705. The molecule has 1 aromatic heterocycles. The first-order valence-electron chi connectivity index (χ1n) is 5.11. The molecule has 1 aromatic carbocycles. The maximum absolute atomic E-state index is 11.7. The van der Waals surface area contributed by atoms with Crippen LogP contribution >= 0.6 is 0 Å². The number of carbonyl (C=O) groups is 1. The number of nitrogens with zero attached hydrogens (tertiary/aromatic N) is 1. The number of benzene rings is 1. The zero-order valence-corrected chi connectivity index (χ0v) is 10.4. The average molecular weight is 281 g/mol. The Morgan fingerprint density at radius 1 is 1.26 bits per heavy atom. The number of rotatable bonds is 3. The molecule has 100 valence electrons. The normalized spacial score (nSPS) is 11.2. The Morgan fingerprint density at radius 3 is 2.37 bits per heavy atom. The summed E-state index contributed by atoms with van der Waals surface area (Å²) in [6.07, 6.45) is 0. The largest absolute Gasteiger partial charge is 0.382 e. The fourth-order valence-corrected chi connectivity index (χ4v) is 1.90. The molecule has 6 N–H and O–H groups in total. The van der Waals surface area contributed by atoms with Gasteiger partial charge in [-0.25, -0.2) is 13.6 Å². The molecular formula is C10H11N5O3S. The lowest BCUT2D eigenvalue weighted by Gasteiger charge is -2.04. The number of nitrogen functional groups attached to an aromatic ring is 1. The van der Waals surface area contributed by atoms with Gasteiger partial charge < -0.3 is 11.1 Å². The number of aromatic nitrogens is 2. The molecule has 0 saturated carbocycles. The summed E-state index contributed by atoms with van der Waals surface area (Å²) in [6, 6.07) is 6.83. The third kappa shape index (κ3) is 3.09. The summed E-state index contributed by atoms with van der Waals surface area (Å²) in [6.45, 7) is 0. The lowest BCUT2D eigenvalue weighted by Crippen LogP contribution is -2.14. The lowest BCUT2D eigenvalue weighted by atomic mass is 10.3. The van der Waals surface area contributed by atoms with Crippen LogP contribution in [0.2, 0.25) is 0 Å². The lowest BCUT2D eigenvalue weighted by molar-refractivity contribution is 0.102. The topological polar surface area (TPSA) is 144 Å². The van der Waals surface area contributed by atoms with E-state index in [0.717, 1.165) is 0 Å². The van der Waals surface area contributed by atoms with Gasteiger partial charge in [0, 0.05) is 11.8 Å². The van der Waals surface area contributed by atoms with Crippen LogP contribution in [0.1, 0.15) is 10.5 Å². The van der Waals surface area contributed by atoms with Crippen molar-refractivity contribution in [3.8, 4) is 0 Å². The summed E-state index contributed by atoms with van der Waals surface area (Å²) in [5.41, 5.74) is 6.00. The molecule has 0 bridgehead atoms. The van der Waals surface area contributed by atoms with Crippen LogP contribution in [0.25, 0.3) is 0 Å². The van der Waals surface area contributed by atoms with E-state index in [1.54, 1.807) is 0 Å². The standard InChI is InChI=1S/C10H11N5O3S/c11-9-5-8(14-15-9)10(16)13-6-1-3-7(4-2-6)19(12,17)18/h1-5H,(H,13,16)(H3,11,14,15)(H2,12,17,18). The van der Waals surface area contributed by atoms with Gasteiger partial charge in [0.2, 0.25) is 10.0 Å². The molecule has 0 fully saturated rings. The summed E-state index contributed by atoms with van der Waals surface area (Å²) < 4.78 is 22.1. The van der Waals surface area contributed by atoms with Crippen LogP contribution in [0.3, 0.4) is 0 Å². The molecular weight excluding hydrogens is 270 g/mol. The zero-order chi connectivity index (χ0) is 14.0. The molecule has 2 rings (SSSR count). The number of primary sulfonamides is 1. The molecule has 2 aromatic rings. The number of anilines is 2. The first kappa shape index (κ1) is 13.1. The fraction of sp³-hybridized carbons (Fsp3) is 0. The highest BCUT2D eigenvalue weighted by molar-refractivity contribution is 7.89. The summed E-state index contributed by atoms with van der Waals surface area (Å²) in [5, 5.41) is 13.6. The number of nitrogens with one attached hydrogen (secondary N) is 2. The molecule has 9 heteroatoms. The summed E-state index contributed by atoms with van der Waals surface area (Å²) in [5.74, 6) is -0.234. The highest BCUT2D eigenvalue weighted by Crippen LogP contribution is 2.13. The van der Waals surface area contributed by atoms with Crippen LogP contribution in [-0.2, 0) is 10.0 Å². The Labute approximate surface area is 108 Å². The molecule has 1 amide bonds. The molecule has 0 radical (unpaired) electrons. The molecule has 0 aliphatic carbocycles. The zero-order valence-electron chi connectivity index (χ0n) is 9.62. The first-order valence-corrected chi connectivity index (χ1v) is 6.66. The number of hydrogen-bond acceptors (Lipinski definition) is 5. The number of H-pyrrole nitrogens is 1. The van der Waals surface area contributed by atoms with Gasteiger partial charge in [-0.15, -0.1) is 0 Å². The number of carbonyl (C=O) groups excluding carboxylic acids is 1. The first-order chi connectivity index (χ1) is 8.86. The predicted molar refractivity (Wildman–Crippen MR) is 68.8 cm³/mol. The van der Waals surface area contributed by atoms with E-state index in [-0.39, 0.29) is 16.4 Å². The molecule has 0 aliphatic rings. The Balaban J connectivity index is 2.14. The number of sulfonamides is 1. The molecule has 0 unspecified atom stereocenters. The maximum atomic E-state index is 11.7. The van der Waals surface area contributed by atoms with Crippen molar-refractivity contribution in [3.05, 3.63) is 36.0 Å². The van der Waals surface area contributed by atoms with Gasteiger partial charge in [-0.1, -0.05) is 0 Å². The second-order valence-electron chi connectivity index (χ2n) is 3.73. The van der Waals surface area contributed by atoms with Gasteiger partial charge in [0.1, 0.15) is 11.5 Å². The number of nitrogens with two attached hydrogens (primary N) is 2. The van der Waals surface area contributed by atoms with Gasteiger partial charge in [-0.3, -0.25) is 9.89 Å². The maximum Gasteiger partial charge on any atom is 0.273 e. The highest BCUT2D eigenvalue weighted by atomic mass is 32.2. The molecule has 8 nitrogen and oxygen atoms in total. The molecule has 0 atom stereocenters. The monoisotopic (exact) mass is 281 g/mol. The third-order valence-corrected chi connectivity index (χ3v) is 3.21. The minimum atomic E-state index is -3.74. The van der Waals surface area contributed by atoms with Gasteiger partial charge >= 0.3 is 0 Å². The third-order valence-electron chi connectivity index (χ3n) is 2.28. The van der Waals surface area contributed by atoms with Crippen LogP contribution < -0.4 is 16.2 Å². The van der Waals surface area contributed by atoms with Crippen LogP contribution in [0.5, 0.6) is 0 Å². The minimum Gasteiger partial charge on any atom is -0.382 e. The van der Waals surface area contributed by atoms with E-state index in [1.165, 1.54) is 30.3 Å². The van der Waals surface area contributed by atoms with E-state index in [2.05, 4.69) is 15.5 Å². The van der Waals surface area contributed by atoms with Crippen molar-refractivity contribution in [1.82, 2.24) is 10.2 Å². The molecule has 0 aliphatic heterocycles. The highest BCUT2D eigenvalue weighted by Gasteiger charge is 2.10. The number of hydrogen-bond donors (Lipinski definition) is 4. The van der Waals surface area contributed by atoms with Gasteiger partial charge in [-0.2, -0.15) is 5.10 Å². The van der Waals surface area contributed by atoms with Crippen LogP contribution in [-0.4, -0.2) is 24.5 Å². The van der Waals surface area contributed by atoms with E-state index in [1.807, 2.05) is 0 Å². The second-order valence-corrected chi connectivity index (χ2v) is 5.29. The number of amides is 1. The summed E-state index contributed by atoms with van der Waals surface area (Å²) in [7, 11) is -3.74. The summed E-state index contributed by atoms with van der Waals surface area (Å²) in [4.78, 5) is 11.7.